The van der Waals surface area contributed by atoms with Gasteiger partial charge in [0.25, 0.3) is 0 Å². The number of halogens is 3. The van der Waals surface area contributed by atoms with Gasteiger partial charge >= 0.3 is 6.18 Å². The van der Waals surface area contributed by atoms with Crippen molar-refractivity contribution in [1.82, 2.24) is 5.32 Å². The van der Waals surface area contributed by atoms with Gasteiger partial charge in [-0.3, -0.25) is 0 Å². The summed E-state index contributed by atoms with van der Waals surface area (Å²) in [6.45, 7) is 3.74. The Balaban J connectivity index is 1.54. The number of nitrogens with zero attached hydrogens (tertiary/aromatic N) is 1. The summed E-state index contributed by atoms with van der Waals surface area (Å²) in [6, 6.07) is 21.3. The highest BCUT2D eigenvalue weighted by Gasteiger charge is 2.36. The average Bonchev–Trinajstić information content (AvgIpc) is 2.83. The van der Waals surface area contributed by atoms with Crippen LogP contribution in [0.4, 0.5) is 18.9 Å². The molecule has 1 atom stereocenters. The number of piperazine rings is 1. The second kappa shape index (κ2) is 10.3. The van der Waals surface area contributed by atoms with E-state index in [0.717, 1.165) is 17.3 Å². The molecular weight excluding hydrogens is 461 g/mol. The van der Waals surface area contributed by atoms with Gasteiger partial charge in [-0.1, -0.05) is 48.2 Å². The summed E-state index contributed by atoms with van der Waals surface area (Å²) in [5, 5.41) is 12.9. The van der Waals surface area contributed by atoms with Crippen LogP contribution >= 0.6 is 11.8 Å². The molecule has 1 aliphatic rings. The molecule has 4 rings (SSSR count). The van der Waals surface area contributed by atoms with E-state index in [-0.39, 0.29) is 11.5 Å². The van der Waals surface area contributed by atoms with Gasteiger partial charge < -0.3 is 20.1 Å². The summed E-state index contributed by atoms with van der Waals surface area (Å²) >= 11 is 1.07. The minimum Gasteiger partial charge on any atom is -0.489 e. The highest BCUT2D eigenvalue weighted by molar-refractivity contribution is 7.99. The summed E-state index contributed by atoms with van der Waals surface area (Å²) in [7, 11) is 0. The van der Waals surface area contributed by atoms with Crippen LogP contribution in [-0.2, 0) is 12.8 Å². The van der Waals surface area contributed by atoms with Crippen molar-refractivity contribution in [2.75, 3.05) is 31.1 Å². The molecule has 4 nitrogen and oxygen atoms in total. The van der Waals surface area contributed by atoms with Crippen molar-refractivity contribution in [3.8, 4) is 5.75 Å². The number of alkyl halides is 3. The van der Waals surface area contributed by atoms with Crippen molar-refractivity contribution < 1.29 is 23.0 Å². The standard InChI is InChI=1S/C26H27F3N2O2S/c1-25(18-32)17-31(13-12-30-25)20-10-11-24(23(14-20)26(27,28)29)34-22-9-5-8-21(15-22)33-16-19-6-3-2-4-7-19/h2-11,14-15,30,32H,12-13,16-18H2,1H3/t25-/m1/s1. The molecule has 3 aromatic carbocycles. The maximum absolute atomic E-state index is 14.0. The van der Waals surface area contributed by atoms with Crippen LogP contribution in [0.3, 0.4) is 0 Å². The second-order valence-corrected chi connectivity index (χ2v) is 9.71. The lowest BCUT2D eigenvalue weighted by Crippen LogP contribution is -2.60. The van der Waals surface area contributed by atoms with Gasteiger partial charge in [0, 0.05) is 35.1 Å². The molecule has 1 heterocycles. The molecule has 0 radical (unpaired) electrons. The van der Waals surface area contributed by atoms with Crippen molar-refractivity contribution >= 4 is 17.4 Å². The lowest BCUT2D eigenvalue weighted by Gasteiger charge is -2.41. The van der Waals surface area contributed by atoms with Crippen LogP contribution < -0.4 is 15.0 Å². The maximum Gasteiger partial charge on any atom is 0.417 e. The van der Waals surface area contributed by atoms with Gasteiger partial charge in [-0.2, -0.15) is 13.2 Å². The first-order chi connectivity index (χ1) is 16.3. The summed E-state index contributed by atoms with van der Waals surface area (Å²) in [5.41, 5.74) is 0.290. The first-order valence-electron chi connectivity index (χ1n) is 11.0. The van der Waals surface area contributed by atoms with Crippen LogP contribution in [0.1, 0.15) is 18.1 Å². The van der Waals surface area contributed by atoms with Crippen molar-refractivity contribution in [3.63, 3.8) is 0 Å². The molecule has 1 fully saturated rings. The number of benzene rings is 3. The van der Waals surface area contributed by atoms with E-state index in [0.29, 0.717) is 42.6 Å². The van der Waals surface area contributed by atoms with E-state index in [4.69, 9.17) is 4.74 Å². The Morgan fingerprint density at radius 3 is 2.59 bits per heavy atom. The fourth-order valence-corrected chi connectivity index (χ4v) is 4.89. The molecule has 0 bridgehead atoms. The number of hydrogen-bond donors (Lipinski definition) is 2. The molecular formula is C26H27F3N2O2S. The van der Waals surface area contributed by atoms with E-state index >= 15 is 0 Å². The summed E-state index contributed by atoms with van der Waals surface area (Å²) in [4.78, 5) is 2.68. The molecule has 2 N–H and O–H groups in total. The van der Waals surface area contributed by atoms with Gasteiger partial charge in [0.1, 0.15) is 12.4 Å². The quantitative estimate of drug-likeness (QED) is 0.454. The Bertz CT molecular complexity index is 1110. The zero-order chi connectivity index (χ0) is 24.2. The van der Waals surface area contributed by atoms with Crippen molar-refractivity contribution in [2.24, 2.45) is 0 Å². The van der Waals surface area contributed by atoms with Crippen LogP contribution in [-0.4, -0.2) is 36.9 Å². The first-order valence-corrected chi connectivity index (χ1v) is 11.8. The topological polar surface area (TPSA) is 44.7 Å². The number of nitrogens with one attached hydrogen (secondary N) is 1. The highest BCUT2D eigenvalue weighted by Crippen LogP contribution is 2.42. The third-order valence-corrected chi connectivity index (χ3v) is 6.80. The van der Waals surface area contributed by atoms with Crippen LogP contribution in [0.5, 0.6) is 5.75 Å². The molecule has 180 valence electrons. The van der Waals surface area contributed by atoms with E-state index < -0.39 is 17.3 Å². The molecule has 0 unspecified atom stereocenters. The Kier molecular flexibility index (Phi) is 7.40. The molecule has 0 aromatic heterocycles. The maximum atomic E-state index is 14.0. The largest absolute Gasteiger partial charge is 0.489 e. The fraction of sp³-hybridized carbons (Fsp3) is 0.308. The smallest absolute Gasteiger partial charge is 0.417 e. The Morgan fingerprint density at radius 2 is 1.85 bits per heavy atom. The predicted molar refractivity (Wildman–Crippen MR) is 128 cm³/mol. The normalized spacial score (nSPS) is 18.7. The molecule has 0 amide bonds. The number of aliphatic hydroxyl groups excluding tert-OH is 1. The number of hydrogen-bond acceptors (Lipinski definition) is 5. The van der Waals surface area contributed by atoms with Crippen molar-refractivity contribution in [1.29, 1.82) is 0 Å². The number of ether oxygens (including phenoxy) is 1. The lowest BCUT2D eigenvalue weighted by atomic mass is 9.99. The third-order valence-electron chi connectivity index (χ3n) is 5.74. The van der Waals surface area contributed by atoms with Crippen LogP contribution in [0.15, 0.2) is 82.6 Å². The predicted octanol–water partition coefficient (Wildman–Crippen LogP) is 5.60. The average molecular weight is 489 g/mol. The monoisotopic (exact) mass is 488 g/mol. The van der Waals surface area contributed by atoms with Gasteiger partial charge in [-0.25, -0.2) is 0 Å². The molecule has 1 saturated heterocycles. The van der Waals surface area contributed by atoms with Gasteiger partial charge in [-0.15, -0.1) is 0 Å². The molecule has 0 saturated carbocycles. The fourth-order valence-electron chi connectivity index (χ4n) is 3.90. The third kappa shape index (κ3) is 6.05. The van der Waals surface area contributed by atoms with Gasteiger partial charge in [0.15, 0.2) is 0 Å². The number of rotatable bonds is 7. The van der Waals surface area contributed by atoms with Crippen molar-refractivity contribution in [2.45, 2.75) is 35.0 Å². The highest BCUT2D eigenvalue weighted by atomic mass is 32.2. The van der Waals surface area contributed by atoms with Crippen LogP contribution in [0, 0.1) is 0 Å². The molecule has 0 aliphatic carbocycles. The number of anilines is 1. The van der Waals surface area contributed by atoms with E-state index in [2.05, 4.69) is 5.32 Å². The first kappa shape index (κ1) is 24.4. The minimum absolute atomic E-state index is 0.0910. The number of aliphatic hydroxyl groups is 1. The van der Waals surface area contributed by atoms with E-state index in [9.17, 15) is 18.3 Å². The Morgan fingerprint density at radius 1 is 1.06 bits per heavy atom. The summed E-state index contributed by atoms with van der Waals surface area (Å²) < 4.78 is 47.8. The van der Waals surface area contributed by atoms with E-state index in [1.165, 1.54) is 12.1 Å². The van der Waals surface area contributed by atoms with E-state index in [1.807, 2.05) is 42.2 Å². The second-order valence-electron chi connectivity index (χ2n) is 8.60. The lowest BCUT2D eigenvalue weighted by molar-refractivity contribution is -0.139. The zero-order valence-electron chi connectivity index (χ0n) is 18.8. The molecule has 1 aliphatic heterocycles. The van der Waals surface area contributed by atoms with E-state index in [1.54, 1.807) is 30.3 Å². The molecule has 3 aromatic rings. The Hall–Kier alpha value is -2.68. The minimum atomic E-state index is -4.49. The summed E-state index contributed by atoms with van der Waals surface area (Å²) in [5.74, 6) is 0.600. The molecule has 0 spiro atoms. The van der Waals surface area contributed by atoms with Crippen LogP contribution in [0.25, 0.3) is 0 Å². The van der Waals surface area contributed by atoms with Gasteiger partial charge in [-0.05, 0) is 48.9 Å². The van der Waals surface area contributed by atoms with Gasteiger partial charge in [0.05, 0.1) is 17.7 Å². The molecule has 34 heavy (non-hydrogen) atoms. The van der Waals surface area contributed by atoms with Gasteiger partial charge in [0.2, 0.25) is 0 Å². The molecule has 8 heteroatoms. The summed E-state index contributed by atoms with van der Waals surface area (Å²) in [6.07, 6.45) is -4.49. The van der Waals surface area contributed by atoms with Crippen molar-refractivity contribution in [3.05, 3.63) is 83.9 Å². The van der Waals surface area contributed by atoms with Crippen LogP contribution in [0.2, 0.25) is 0 Å². The Labute approximate surface area is 201 Å². The zero-order valence-corrected chi connectivity index (χ0v) is 19.6. The SMILES string of the molecule is C[C@]1(CO)CN(c2ccc(Sc3cccc(OCc4ccccc4)c3)c(C(F)(F)F)c2)CCN1.